The Labute approximate surface area is 259 Å². The summed E-state index contributed by atoms with van der Waals surface area (Å²) in [5, 5.41) is 27.3. The molecule has 0 bridgehead atoms. The van der Waals surface area contributed by atoms with E-state index in [1.54, 1.807) is 0 Å². The van der Waals surface area contributed by atoms with Crippen LogP contribution in [-0.4, -0.2) is 64.1 Å². The van der Waals surface area contributed by atoms with Gasteiger partial charge in [0.1, 0.15) is 11.0 Å². The molecule has 2 unspecified atom stereocenters. The zero-order valence-corrected chi connectivity index (χ0v) is 27.4. The third kappa shape index (κ3) is 23.5. The summed E-state index contributed by atoms with van der Waals surface area (Å²) < 4.78 is 12.9. The third-order valence-corrected chi connectivity index (χ3v) is 7.48. The lowest BCUT2D eigenvalue weighted by Crippen LogP contribution is -2.18. The minimum absolute atomic E-state index is 0.173. The molecule has 0 radical (unpaired) electrons. The van der Waals surface area contributed by atoms with Crippen molar-refractivity contribution >= 4 is 26.5 Å². The molecule has 0 aromatic carbocycles. The van der Waals surface area contributed by atoms with Gasteiger partial charge in [-0.2, -0.15) is 0 Å². The number of nitro groups is 1. The summed E-state index contributed by atoms with van der Waals surface area (Å²) in [6.07, 6.45) is 19.2. The summed E-state index contributed by atoms with van der Waals surface area (Å²) in [6, 6.07) is 0. The predicted octanol–water partition coefficient (Wildman–Crippen LogP) is 7.95. The van der Waals surface area contributed by atoms with Crippen LogP contribution in [-0.2, 0) is 14.1 Å². The number of nitrogens with zero attached hydrogens (tertiary/aromatic N) is 2. The van der Waals surface area contributed by atoms with Crippen molar-refractivity contribution in [3.8, 4) is 0 Å². The smallest absolute Gasteiger partial charge is 0.424 e. The Morgan fingerprint density at radius 3 is 2.40 bits per heavy atom. The molecule has 0 fully saturated rings. The quantitative estimate of drug-likeness (QED) is 0.0291. The number of allylic oxidation sites excluding steroid dienone is 6. The van der Waals surface area contributed by atoms with E-state index in [0.29, 0.717) is 34.3 Å². The second kappa shape index (κ2) is 26.6. The number of alkyl halides is 1. The molecule has 0 amide bonds. The van der Waals surface area contributed by atoms with Crippen LogP contribution in [0.4, 0.5) is 0 Å². The minimum Gasteiger partial charge on any atom is -0.481 e. The Bertz CT molecular complexity index is 902. The van der Waals surface area contributed by atoms with Gasteiger partial charge >= 0.3 is 11.9 Å². The van der Waals surface area contributed by atoms with Crippen molar-refractivity contribution in [2.45, 2.75) is 97.5 Å². The van der Waals surface area contributed by atoms with Crippen LogP contribution in [0.5, 0.6) is 0 Å². The van der Waals surface area contributed by atoms with E-state index in [-0.39, 0.29) is 18.9 Å². The maximum absolute atomic E-state index is 10.7. The molecule has 0 spiro atoms. The van der Waals surface area contributed by atoms with Crippen LogP contribution in [0.2, 0.25) is 0 Å². The van der Waals surface area contributed by atoms with Gasteiger partial charge in [-0.05, 0) is 78.6 Å². The number of carboxylic acids is 1. The number of carbonyl (C=O) groups is 1. The highest BCUT2D eigenvalue weighted by Crippen LogP contribution is 2.22. The van der Waals surface area contributed by atoms with Crippen LogP contribution in [0.15, 0.2) is 59.6 Å². The molecule has 0 aliphatic carbocycles. The second-order valence-electron chi connectivity index (χ2n) is 10.4. The summed E-state index contributed by atoms with van der Waals surface area (Å²) in [6.45, 7) is 12.6. The number of aliphatic hydroxyl groups excluding tert-OH is 1. The average Bonchev–Trinajstić information content (AvgIpc) is 3.43. The van der Waals surface area contributed by atoms with Crippen molar-refractivity contribution in [2.24, 2.45) is 0 Å². The number of aliphatic hydroxyl groups is 1. The van der Waals surface area contributed by atoms with Crippen molar-refractivity contribution in [3.05, 3.63) is 69.7 Å². The summed E-state index contributed by atoms with van der Waals surface area (Å²) in [4.78, 5) is 20.1. The fourth-order valence-corrected chi connectivity index (χ4v) is 4.89. The fraction of sp³-hybridized carbons (Fsp3) is 0.645. The van der Waals surface area contributed by atoms with Gasteiger partial charge in [0, 0.05) is 37.9 Å². The zero-order chi connectivity index (χ0) is 31.6. The van der Waals surface area contributed by atoms with Crippen molar-refractivity contribution in [2.75, 3.05) is 32.2 Å². The molecule has 1 aliphatic rings. The van der Waals surface area contributed by atoms with Gasteiger partial charge in [-0.3, -0.25) is 19.6 Å². The van der Waals surface area contributed by atoms with Crippen LogP contribution < -0.4 is 0 Å². The average molecular weight is 631 g/mol. The molecular formula is C31H52ClN2O7P. The predicted molar refractivity (Wildman–Crippen MR) is 173 cm³/mol. The molecule has 1 aliphatic heterocycles. The third-order valence-electron chi connectivity index (χ3n) is 6.21. The monoisotopic (exact) mass is 630 g/mol. The van der Waals surface area contributed by atoms with Crippen molar-refractivity contribution in [1.82, 2.24) is 4.67 Å². The molecule has 0 saturated heterocycles. The number of carboxylic acid groups (broad SMARTS) is 1. The second-order valence-corrected chi connectivity index (χ2v) is 11.8. The topological polar surface area (TPSA) is 122 Å². The van der Waals surface area contributed by atoms with Gasteiger partial charge in [0.05, 0.1) is 22.2 Å². The van der Waals surface area contributed by atoms with E-state index >= 15 is 0 Å². The highest BCUT2D eigenvalue weighted by atomic mass is 35.5. The van der Waals surface area contributed by atoms with Crippen LogP contribution >= 0.6 is 20.6 Å². The Morgan fingerprint density at radius 2 is 1.86 bits per heavy atom. The summed E-state index contributed by atoms with van der Waals surface area (Å²) in [5.41, 5.74) is 4.20. The molecule has 42 heavy (non-hydrogen) atoms. The maximum Gasteiger partial charge on any atom is 0.424 e. The van der Waals surface area contributed by atoms with E-state index in [0.717, 1.165) is 64.5 Å². The lowest BCUT2D eigenvalue weighted by Gasteiger charge is -2.21. The highest BCUT2D eigenvalue weighted by molar-refractivity contribution is 7.29. The van der Waals surface area contributed by atoms with Gasteiger partial charge in [0.2, 0.25) is 0 Å². The Morgan fingerprint density at radius 1 is 1.17 bits per heavy atom. The van der Waals surface area contributed by atoms with Gasteiger partial charge < -0.3 is 19.5 Å². The van der Waals surface area contributed by atoms with E-state index in [4.69, 9.17) is 26.3 Å². The zero-order valence-electron chi connectivity index (χ0n) is 25.7. The molecule has 240 valence electrons. The van der Waals surface area contributed by atoms with E-state index in [1.165, 1.54) is 22.8 Å². The van der Waals surface area contributed by atoms with Gasteiger partial charge in [-0.25, -0.2) is 0 Å². The highest BCUT2D eigenvalue weighted by Gasteiger charge is 2.25. The summed E-state index contributed by atoms with van der Waals surface area (Å²) >= 11 is 5.80. The molecule has 9 nitrogen and oxygen atoms in total. The molecule has 0 saturated carbocycles. The first-order valence-electron chi connectivity index (χ1n) is 14.7. The minimum atomic E-state index is -0.727. The van der Waals surface area contributed by atoms with Gasteiger partial charge in [-0.1, -0.05) is 41.0 Å². The Hall–Kier alpha value is -2.03. The van der Waals surface area contributed by atoms with Gasteiger partial charge in [0.15, 0.2) is 0 Å². The summed E-state index contributed by atoms with van der Waals surface area (Å²) in [7, 11) is 0.293. The Balaban J connectivity index is 0.00000140. The van der Waals surface area contributed by atoms with E-state index in [1.807, 2.05) is 6.08 Å². The number of hydrogen-bond donors (Lipinski definition) is 2. The van der Waals surface area contributed by atoms with Gasteiger partial charge in [0.25, 0.3) is 0 Å². The number of ether oxygens (including phenoxy) is 1. The number of rotatable bonds is 23. The van der Waals surface area contributed by atoms with E-state index in [2.05, 4.69) is 55.0 Å². The first-order chi connectivity index (χ1) is 20.1. The van der Waals surface area contributed by atoms with Crippen LogP contribution in [0.3, 0.4) is 0 Å². The number of hydrogen-bond acceptors (Lipinski definition) is 7. The van der Waals surface area contributed by atoms with Crippen molar-refractivity contribution in [3.63, 3.8) is 0 Å². The first-order valence-corrected chi connectivity index (χ1v) is 16.1. The number of unbranched alkanes of at least 4 members (excludes halogenated alkanes) is 2. The van der Waals surface area contributed by atoms with E-state index < -0.39 is 17.0 Å². The fourth-order valence-electron chi connectivity index (χ4n) is 3.86. The standard InChI is InChI=1S/C26H45ClNO3P.C5H7NO4/c1-5-12-25(16-11-15-24(4)14-10-13-23(2)3)18-22-31-32-28(21-9-7-19-27)20-8-6-17-26(29)30;7-3-4-1-2-5(10-4)6(8)9/h5,13,15,18,32H,1,6-12,14,16-17,19-22H2,2-4H3,(H,29,30);2,4,7H,1,3H2/b24-15+,25-18+;. The number of halogens is 1. The van der Waals surface area contributed by atoms with Gasteiger partial charge in [-0.15, -0.1) is 18.2 Å². The van der Waals surface area contributed by atoms with Crippen LogP contribution in [0, 0.1) is 10.1 Å². The molecule has 2 N–H and O–H groups in total. The molecule has 1 heterocycles. The maximum atomic E-state index is 10.7. The normalized spacial score (nSPS) is 15.3. The van der Waals surface area contributed by atoms with Crippen LogP contribution in [0.1, 0.15) is 91.4 Å². The summed E-state index contributed by atoms with van der Waals surface area (Å²) in [5.74, 6) is -0.304. The number of aliphatic carboxylic acids is 1. The molecule has 0 aromatic rings. The van der Waals surface area contributed by atoms with Crippen molar-refractivity contribution < 1.29 is 29.2 Å². The molecule has 0 aromatic heterocycles. The molecule has 2 atom stereocenters. The SMILES string of the molecule is C=CC/C(=C\COPN(CCCCCl)CCCCC(=O)O)CC/C=C(\C)CCC=C(C)C.O=[N+]([O-])C1=CCC(CO)O1. The largest absolute Gasteiger partial charge is 0.481 e. The Kier molecular flexibility index (Phi) is 25.3. The van der Waals surface area contributed by atoms with E-state index in [9.17, 15) is 14.9 Å². The van der Waals surface area contributed by atoms with Crippen molar-refractivity contribution in [1.29, 1.82) is 0 Å². The molecular weight excluding hydrogens is 579 g/mol. The lowest BCUT2D eigenvalue weighted by atomic mass is 10.0. The molecule has 11 heteroatoms. The first kappa shape index (κ1) is 40.0. The molecule has 1 rings (SSSR count). The van der Waals surface area contributed by atoms with Crippen LogP contribution in [0.25, 0.3) is 0 Å². The lowest BCUT2D eigenvalue weighted by molar-refractivity contribution is -0.463.